The van der Waals surface area contributed by atoms with Gasteiger partial charge in [-0.05, 0) is 50.1 Å². The van der Waals surface area contributed by atoms with Crippen molar-refractivity contribution in [3.8, 4) is 0 Å². The van der Waals surface area contributed by atoms with Crippen molar-refractivity contribution in [3.05, 3.63) is 64.6 Å². The smallest absolute Gasteiger partial charge is 0.0924 e. The molecule has 1 unspecified atom stereocenters. The maximum atomic E-state index is 11.1. The Balaban J connectivity index is 1.86. The van der Waals surface area contributed by atoms with Gasteiger partial charge in [-0.1, -0.05) is 17.7 Å². The number of nitrogens with zero attached hydrogens (tertiary/aromatic N) is 2. The van der Waals surface area contributed by atoms with Gasteiger partial charge in [0.2, 0.25) is 0 Å². The van der Waals surface area contributed by atoms with Crippen LogP contribution in [0.3, 0.4) is 0 Å². The van der Waals surface area contributed by atoms with Crippen LogP contribution < -0.4 is 5.32 Å². The molecular formula is C21H25N3O. The second-order valence-electron chi connectivity index (χ2n) is 7.42. The van der Waals surface area contributed by atoms with Crippen LogP contribution in [-0.4, -0.2) is 21.2 Å². The highest BCUT2D eigenvalue weighted by Gasteiger charge is 2.27. The summed E-state index contributed by atoms with van der Waals surface area (Å²) < 4.78 is 2.31. The van der Waals surface area contributed by atoms with Crippen molar-refractivity contribution in [2.24, 2.45) is 7.05 Å². The summed E-state index contributed by atoms with van der Waals surface area (Å²) >= 11 is 0. The van der Waals surface area contributed by atoms with Gasteiger partial charge in [0.25, 0.3) is 0 Å². The Morgan fingerprint density at radius 3 is 2.96 bits per heavy atom. The lowest BCUT2D eigenvalue weighted by atomic mass is 9.88. The van der Waals surface area contributed by atoms with E-state index in [9.17, 15) is 5.11 Å². The fraction of sp³-hybridized carbons (Fsp3) is 0.381. The van der Waals surface area contributed by atoms with Crippen molar-refractivity contribution in [1.82, 2.24) is 14.9 Å². The third kappa shape index (κ3) is 2.75. The molecule has 4 nitrogen and oxygen atoms in total. The van der Waals surface area contributed by atoms with E-state index in [1.165, 1.54) is 33.3 Å². The summed E-state index contributed by atoms with van der Waals surface area (Å²) in [4.78, 5) is 4.17. The zero-order valence-electron chi connectivity index (χ0n) is 15.1. The first-order valence-corrected chi connectivity index (χ1v) is 8.90. The number of fused-ring (bicyclic) bond motifs is 3. The van der Waals surface area contributed by atoms with Gasteiger partial charge in [-0.25, -0.2) is 0 Å². The highest BCUT2D eigenvalue weighted by molar-refractivity contribution is 5.89. The quantitative estimate of drug-likeness (QED) is 0.774. The first-order valence-electron chi connectivity index (χ1n) is 8.90. The molecule has 4 rings (SSSR count). The summed E-state index contributed by atoms with van der Waals surface area (Å²) in [5.74, 6) is 0. The molecule has 1 aliphatic rings. The lowest BCUT2D eigenvalue weighted by molar-refractivity contribution is 0.0575. The number of hydrogen-bond donors (Lipinski definition) is 2. The molecular weight excluding hydrogens is 310 g/mol. The normalized spacial score (nSPS) is 16.6. The molecule has 0 saturated heterocycles. The van der Waals surface area contributed by atoms with Crippen LogP contribution >= 0.6 is 0 Å². The number of aromatic nitrogens is 2. The van der Waals surface area contributed by atoms with Crippen LogP contribution in [0.25, 0.3) is 10.9 Å². The average molecular weight is 335 g/mol. The van der Waals surface area contributed by atoms with Gasteiger partial charge in [-0.3, -0.25) is 4.98 Å². The minimum atomic E-state index is -0.946. The first-order chi connectivity index (χ1) is 12.0. The zero-order valence-corrected chi connectivity index (χ0v) is 15.1. The number of hydrogen-bond acceptors (Lipinski definition) is 3. The van der Waals surface area contributed by atoms with Crippen molar-refractivity contribution in [1.29, 1.82) is 0 Å². The van der Waals surface area contributed by atoms with Gasteiger partial charge in [-0.15, -0.1) is 0 Å². The Bertz CT molecular complexity index is 925. The molecule has 0 spiro atoms. The number of nitrogens with one attached hydrogen (secondary N) is 1. The summed E-state index contributed by atoms with van der Waals surface area (Å²) in [5.41, 5.74) is 6.43. The standard InChI is InChI=1S/C21H25N3O/c1-14-9-15(11-21(2,25)16-5-4-7-22-12-16)20-18(10-14)17-6-8-23-13-19(17)24(20)3/h4-5,7,9-10,12,23,25H,6,8,11,13H2,1-3H3. The summed E-state index contributed by atoms with van der Waals surface area (Å²) in [7, 11) is 2.14. The van der Waals surface area contributed by atoms with E-state index < -0.39 is 5.60 Å². The van der Waals surface area contributed by atoms with E-state index in [0.29, 0.717) is 6.42 Å². The molecule has 2 aromatic heterocycles. The molecule has 1 aliphatic heterocycles. The topological polar surface area (TPSA) is 50.1 Å². The third-order valence-corrected chi connectivity index (χ3v) is 5.41. The van der Waals surface area contributed by atoms with Crippen molar-refractivity contribution in [3.63, 3.8) is 0 Å². The summed E-state index contributed by atoms with van der Waals surface area (Å²) in [6.45, 7) is 5.96. The Kier molecular flexibility index (Phi) is 3.89. The molecule has 0 bridgehead atoms. The van der Waals surface area contributed by atoms with Crippen LogP contribution in [0.2, 0.25) is 0 Å². The summed E-state index contributed by atoms with van der Waals surface area (Å²) in [6.07, 6.45) is 5.13. The maximum absolute atomic E-state index is 11.1. The highest BCUT2D eigenvalue weighted by Crippen LogP contribution is 2.34. The van der Waals surface area contributed by atoms with Crippen LogP contribution in [0.15, 0.2) is 36.7 Å². The number of rotatable bonds is 3. The van der Waals surface area contributed by atoms with Crippen molar-refractivity contribution in [2.45, 2.75) is 38.8 Å². The zero-order chi connectivity index (χ0) is 17.6. The Morgan fingerprint density at radius 1 is 1.36 bits per heavy atom. The van der Waals surface area contributed by atoms with Crippen molar-refractivity contribution in [2.75, 3.05) is 6.54 Å². The number of pyridine rings is 1. The molecule has 1 aromatic carbocycles. The average Bonchev–Trinajstić information content (AvgIpc) is 2.88. The van der Waals surface area contributed by atoms with Crippen LogP contribution in [0.4, 0.5) is 0 Å². The van der Waals surface area contributed by atoms with E-state index in [1.54, 1.807) is 12.4 Å². The van der Waals surface area contributed by atoms with Crippen LogP contribution in [-0.2, 0) is 32.0 Å². The molecule has 130 valence electrons. The van der Waals surface area contributed by atoms with E-state index in [4.69, 9.17) is 0 Å². The molecule has 2 N–H and O–H groups in total. The van der Waals surface area contributed by atoms with E-state index in [0.717, 1.165) is 25.1 Å². The van der Waals surface area contributed by atoms with Crippen LogP contribution in [0.1, 0.15) is 34.9 Å². The van der Waals surface area contributed by atoms with E-state index in [2.05, 4.69) is 41.0 Å². The van der Waals surface area contributed by atoms with Crippen LogP contribution in [0, 0.1) is 6.92 Å². The number of aliphatic hydroxyl groups is 1. The summed E-state index contributed by atoms with van der Waals surface area (Å²) in [5, 5.41) is 15.9. The van der Waals surface area contributed by atoms with Crippen molar-refractivity contribution < 1.29 is 5.11 Å². The molecule has 25 heavy (non-hydrogen) atoms. The Labute approximate surface area is 148 Å². The minimum absolute atomic E-state index is 0.570. The van der Waals surface area contributed by atoms with Gasteiger partial charge in [0, 0.05) is 49.1 Å². The van der Waals surface area contributed by atoms with E-state index >= 15 is 0 Å². The fourth-order valence-corrected chi connectivity index (χ4v) is 4.19. The van der Waals surface area contributed by atoms with Gasteiger partial charge in [0.15, 0.2) is 0 Å². The lowest BCUT2D eigenvalue weighted by Gasteiger charge is -2.24. The molecule has 3 heterocycles. The van der Waals surface area contributed by atoms with Gasteiger partial charge in [0.05, 0.1) is 11.1 Å². The van der Waals surface area contributed by atoms with Gasteiger partial charge >= 0.3 is 0 Å². The Hall–Kier alpha value is -2.17. The number of aryl methyl sites for hydroxylation is 2. The van der Waals surface area contributed by atoms with Crippen molar-refractivity contribution >= 4 is 10.9 Å². The molecule has 0 saturated carbocycles. The van der Waals surface area contributed by atoms with Gasteiger partial charge < -0.3 is 15.0 Å². The molecule has 3 aromatic rings. The molecule has 0 fully saturated rings. The third-order valence-electron chi connectivity index (χ3n) is 5.41. The minimum Gasteiger partial charge on any atom is -0.385 e. The maximum Gasteiger partial charge on any atom is 0.0924 e. The molecule has 1 atom stereocenters. The van der Waals surface area contributed by atoms with E-state index in [1.807, 2.05) is 19.1 Å². The Morgan fingerprint density at radius 2 is 2.20 bits per heavy atom. The monoisotopic (exact) mass is 335 g/mol. The molecule has 0 aliphatic carbocycles. The predicted molar refractivity (Wildman–Crippen MR) is 101 cm³/mol. The second kappa shape index (κ2) is 5.97. The molecule has 0 amide bonds. The largest absolute Gasteiger partial charge is 0.385 e. The van der Waals surface area contributed by atoms with E-state index in [-0.39, 0.29) is 0 Å². The summed E-state index contributed by atoms with van der Waals surface area (Å²) in [6, 6.07) is 8.33. The van der Waals surface area contributed by atoms with Crippen LogP contribution in [0.5, 0.6) is 0 Å². The highest BCUT2D eigenvalue weighted by atomic mass is 16.3. The first kappa shape index (κ1) is 16.3. The predicted octanol–water partition coefficient (Wildman–Crippen LogP) is 2.98. The van der Waals surface area contributed by atoms with Gasteiger partial charge in [-0.2, -0.15) is 0 Å². The lowest BCUT2D eigenvalue weighted by Crippen LogP contribution is -2.25. The molecule has 4 heteroatoms. The number of benzene rings is 1. The molecule has 0 radical (unpaired) electrons. The SMILES string of the molecule is Cc1cc(CC(C)(O)c2cccnc2)c2c(c1)c1c(n2C)CNCC1. The second-order valence-corrected chi connectivity index (χ2v) is 7.42. The fourth-order valence-electron chi connectivity index (χ4n) is 4.19. The van der Waals surface area contributed by atoms with Gasteiger partial charge in [0.1, 0.15) is 0 Å².